The van der Waals surface area contributed by atoms with Crippen molar-refractivity contribution >= 4 is 31.6 Å². The van der Waals surface area contributed by atoms with Crippen LogP contribution in [-0.4, -0.2) is 13.4 Å². The second kappa shape index (κ2) is 6.08. The number of anilines is 1. The van der Waals surface area contributed by atoms with Crippen LogP contribution in [0.5, 0.6) is 0 Å². The van der Waals surface area contributed by atoms with Crippen molar-refractivity contribution in [2.24, 2.45) is 0 Å². The normalized spacial score (nSPS) is 13.1. The van der Waals surface area contributed by atoms with Crippen molar-refractivity contribution in [2.75, 3.05) is 5.73 Å². The SMILES string of the molecule is CC(NS(=O)(=O)c1cc(N)c(F)cc1Br)c1ccccn1. The van der Waals surface area contributed by atoms with E-state index >= 15 is 0 Å². The molecular weight excluding hydrogens is 361 g/mol. The summed E-state index contributed by atoms with van der Waals surface area (Å²) in [6, 6.07) is 6.78. The maximum Gasteiger partial charge on any atom is 0.242 e. The first-order valence-electron chi connectivity index (χ1n) is 5.99. The van der Waals surface area contributed by atoms with E-state index in [0.29, 0.717) is 5.69 Å². The van der Waals surface area contributed by atoms with Crippen molar-refractivity contribution in [3.63, 3.8) is 0 Å². The van der Waals surface area contributed by atoms with Crippen molar-refractivity contribution < 1.29 is 12.8 Å². The zero-order valence-corrected chi connectivity index (χ0v) is 13.4. The molecule has 112 valence electrons. The van der Waals surface area contributed by atoms with Crippen LogP contribution in [0, 0.1) is 5.82 Å². The van der Waals surface area contributed by atoms with Gasteiger partial charge in [-0.25, -0.2) is 17.5 Å². The number of nitrogens with one attached hydrogen (secondary N) is 1. The van der Waals surface area contributed by atoms with Gasteiger partial charge < -0.3 is 5.73 Å². The van der Waals surface area contributed by atoms with Crippen LogP contribution in [0.4, 0.5) is 10.1 Å². The standard InChI is InChI=1S/C13H13BrFN3O2S/c1-8(12-4-2-3-5-17-12)18-21(19,20)13-7-11(16)10(15)6-9(13)14/h2-8,18H,16H2,1H3. The number of halogens is 2. The molecule has 21 heavy (non-hydrogen) atoms. The minimum Gasteiger partial charge on any atom is -0.396 e. The van der Waals surface area contributed by atoms with Crippen LogP contribution < -0.4 is 10.5 Å². The van der Waals surface area contributed by atoms with E-state index in [2.05, 4.69) is 25.6 Å². The third-order valence-electron chi connectivity index (χ3n) is 2.80. The number of benzene rings is 1. The number of nitrogens with two attached hydrogens (primary N) is 1. The van der Waals surface area contributed by atoms with Crippen LogP contribution in [0.3, 0.4) is 0 Å². The monoisotopic (exact) mass is 373 g/mol. The average Bonchev–Trinajstić information content (AvgIpc) is 2.43. The lowest BCUT2D eigenvalue weighted by Crippen LogP contribution is -2.27. The molecular formula is C13H13BrFN3O2S. The molecule has 0 amide bonds. The minimum atomic E-state index is -3.86. The van der Waals surface area contributed by atoms with Crippen LogP contribution in [0.2, 0.25) is 0 Å². The molecule has 3 N–H and O–H groups in total. The van der Waals surface area contributed by atoms with Gasteiger partial charge in [0.05, 0.1) is 22.3 Å². The number of nitrogen functional groups attached to an aromatic ring is 1. The van der Waals surface area contributed by atoms with Gasteiger partial charge in [0, 0.05) is 10.7 Å². The fourth-order valence-corrected chi connectivity index (χ4v) is 4.01. The molecule has 1 aromatic heterocycles. The Bertz CT molecular complexity index is 754. The maximum atomic E-state index is 13.3. The van der Waals surface area contributed by atoms with Crippen LogP contribution in [0.25, 0.3) is 0 Å². The topological polar surface area (TPSA) is 85.1 Å². The van der Waals surface area contributed by atoms with Gasteiger partial charge in [-0.15, -0.1) is 0 Å². The van der Waals surface area contributed by atoms with E-state index < -0.39 is 21.9 Å². The predicted molar refractivity (Wildman–Crippen MR) is 81.5 cm³/mol. The molecule has 1 unspecified atom stereocenters. The lowest BCUT2D eigenvalue weighted by atomic mass is 10.2. The largest absolute Gasteiger partial charge is 0.396 e. The van der Waals surface area contributed by atoms with Crippen molar-refractivity contribution in [1.82, 2.24) is 9.71 Å². The van der Waals surface area contributed by atoms with Crippen LogP contribution in [0.15, 0.2) is 45.9 Å². The highest BCUT2D eigenvalue weighted by Crippen LogP contribution is 2.27. The quantitative estimate of drug-likeness (QED) is 0.806. The average molecular weight is 374 g/mol. The summed E-state index contributed by atoms with van der Waals surface area (Å²) in [5, 5.41) is 0. The summed E-state index contributed by atoms with van der Waals surface area (Å²) in [6.07, 6.45) is 1.58. The summed E-state index contributed by atoms with van der Waals surface area (Å²) in [6.45, 7) is 1.67. The molecule has 0 aliphatic carbocycles. The van der Waals surface area contributed by atoms with Crippen molar-refractivity contribution in [1.29, 1.82) is 0 Å². The third-order valence-corrected chi connectivity index (χ3v) is 5.30. The molecule has 5 nitrogen and oxygen atoms in total. The predicted octanol–water partition coefficient (Wildman–Crippen LogP) is 2.60. The highest BCUT2D eigenvalue weighted by molar-refractivity contribution is 9.10. The molecule has 0 saturated heterocycles. The summed E-state index contributed by atoms with van der Waals surface area (Å²) < 4.78 is 40.6. The summed E-state index contributed by atoms with van der Waals surface area (Å²) in [5.74, 6) is -0.682. The van der Waals surface area contributed by atoms with Gasteiger partial charge in [0.1, 0.15) is 5.82 Å². The number of sulfonamides is 1. The lowest BCUT2D eigenvalue weighted by molar-refractivity contribution is 0.563. The molecule has 0 bridgehead atoms. The lowest BCUT2D eigenvalue weighted by Gasteiger charge is -2.15. The number of nitrogens with zero attached hydrogens (tertiary/aromatic N) is 1. The van der Waals surface area contributed by atoms with Gasteiger partial charge in [0.2, 0.25) is 10.0 Å². The number of hydrogen-bond acceptors (Lipinski definition) is 4. The van der Waals surface area contributed by atoms with Gasteiger partial charge in [-0.2, -0.15) is 0 Å². The maximum absolute atomic E-state index is 13.3. The third kappa shape index (κ3) is 3.58. The Labute approximate surface area is 130 Å². The van der Waals surface area contributed by atoms with E-state index in [4.69, 9.17) is 5.73 Å². The van der Waals surface area contributed by atoms with E-state index in [1.807, 2.05) is 0 Å². The van der Waals surface area contributed by atoms with E-state index in [1.54, 1.807) is 31.3 Å². The molecule has 0 spiro atoms. The molecule has 2 rings (SSSR count). The Morgan fingerprint density at radius 3 is 2.71 bits per heavy atom. The summed E-state index contributed by atoms with van der Waals surface area (Å²) >= 11 is 3.03. The van der Waals surface area contributed by atoms with Gasteiger partial charge in [0.15, 0.2) is 0 Å². The molecule has 0 fully saturated rings. The molecule has 1 heterocycles. The number of pyridine rings is 1. The van der Waals surface area contributed by atoms with Gasteiger partial charge in [-0.3, -0.25) is 4.98 Å². The van der Waals surface area contributed by atoms with E-state index in [9.17, 15) is 12.8 Å². The molecule has 2 aromatic rings. The first-order chi connectivity index (χ1) is 9.81. The second-order valence-corrected chi connectivity index (χ2v) is 6.94. The van der Waals surface area contributed by atoms with E-state index in [-0.39, 0.29) is 15.1 Å². The zero-order valence-electron chi connectivity index (χ0n) is 11.0. The molecule has 0 aliphatic heterocycles. The second-order valence-electron chi connectivity index (χ2n) is 4.40. The smallest absolute Gasteiger partial charge is 0.242 e. The first-order valence-corrected chi connectivity index (χ1v) is 8.26. The van der Waals surface area contributed by atoms with Gasteiger partial charge in [0.25, 0.3) is 0 Å². The van der Waals surface area contributed by atoms with Crippen molar-refractivity contribution in [3.8, 4) is 0 Å². The van der Waals surface area contributed by atoms with Gasteiger partial charge in [-0.05, 0) is 47.1 Å². The van der Waals surface area contributed by atoms with Crippen LogP contribution in [-0.2, 0) is 10.0 Å². The Morgan fingerprint density at radius 2 is 2.10 bits per heavy atom. The molecule has 0 aliphatic rings. The summed E-state index contributed by atoms with van der Waals surface area (Å²) in [4.78, 5) is 3.97. The molecule has 0 saturated carbocycles. The van der Waals surface area contributed by atoms with Crippen LogP contribution >= 0.6 is 15.9 Å². The van der Waals surface area contributed by atoms with Gasteiger partial charge >= 0.3 is 0 Å². The van der Waals surface area contributed by atoms with E-state index in [1.165, 1.54) is 0 Å². The Balaban J connectivity index is 2.33. The summed E-state index contributed by atoms with van der Waals surface area (Å²) in [5.41, 5.74) is 5.77. The number of rotatable bonds is 4. The van der Waals surface area contributed by atoms with Gasteiger partial charge in [-0.1, -0.05) is 6.07 Å². The Hall–Kier alpha value is -1.51. The van der Waals surface area contributed by atoms with E-state index in [0.717, 1.165) is 12.1 Å². The fraction of sp³-hybridized carbons (Fsp3) is 0.154. The molecule has 0 radical (unpaired) electrons. The number of hydrogen-bond donors (Lipinski definition) is 2. The molecule has 1 atom stereocenters. The van der Waals surface area contributed by atoms with Crippen LogP contribution in [0.1, 0.15) is 18.7 Å². The van der Waals surface area contributed by atoms with Crippen molar-refractivity contribution in [3.05, 3.63) is 52.5 Å². The Morgan fingerprint density at radius 1 is 1.38 bits per heavy atom. The highest BCUT2D eigenvalue weighted by Gasteiger charge is 2.23. The zero-order chi connectivity index (χ0) is 15.6. The summed E-state index contributed by atoms with van der Waals surface area (Å²) in [7, 11) is -3.86. The minimum absolute atomic E-state index is 0.106. The highest BCUT2D eigenvalue weighted by atomic mass is 79.9. The molecule has 1 aromatic carbocycles. The Kier molecular flexibility index (Phi) is 4.60. The first kappa shape index (κ1) is 15.9. The molecule has 8 heteroatoms. The van der Waals surface area contributed by atoms with Crippen molar-refractivity contribution in [2.45, 2.75) is 17.9 Å². The number of aromatic nitrogens is 1. The fourth-order valence-electron chi connectivity index (χ4n) is 1.74.